The van der Waals surface area contributed by atoms with Gasteiger partial charge in [-0.05, 0) is 18.4 Å². The van der Waals surface area contributed by atoms with Crippen LogP contribution >= 0.6 is 0 Å². The zero-order valence-corrected chi connectivity index (χ0v) is 16.1. The number of hydrogen-bond donors (Lipinski definition) is 0. The van der Waals surface area contributed by atoms with E-state index in [1.54, 1.807) is 0 Å². The first-order chi connectivity index (χ1) is 11.9. The van der Waals surface area contributed by atoms with Crippen LogP contribution in [0.25, 0.3) is 0 Å². The highest BCUT2D eigenvalue weighted by Crippen LogP contribution is 2.14. The summed E-state index contributed by atoms with van der Waals surface area (Å²) in [5.74, 6) is 0. The standard InChI is InChI=1S/C24H41/c1-2-3-4-5-6-7-8-9-10-11-12-13-14-15-16-18-21-24-22-19-17-20-23-24/h17,19-20,22-23H,1-16,18,21H2. The Bertz CT molecular complexity index is 340. The molecule has 1 rings (SSSR count). The van der Waals surface area contributed by atoms with Crippen LogP contribution in [0.2, 0.25) is 0 Å². The Morgan fingerprint density at radius 1 is 0.458 bits per heavy atom. The van der Waals surface area contributed by atoms with Gasteiger partial charge in [0.05, 0.1) is 0 Å². The lowest BCUT2D eigenvalue weighted by Crippen LogP contribution is -1.86. The Hall–Kier alpha value is -0.780. The Kier molecular flexibility index (Phi) is 15.1. The van der Waals surface area contributed by atoms with Crippen LogP contribution < -0.4 is 0 Å². The zero-order valence-electron chi connectivity index (χ0n) is 16.1. The Morgan fingerprint density at radius 3 is 1.25 bits per heavy atom. The minimum Gasteiger partial charge on any atom is -0.0622 e. The van der Waals surface area contributed by atoms with Crippen molar-refractivity contribution in [2.24, 2.45) is 0 Å². The fourth-order valence-corrected chi connectivity index (χ4v) is 3.45. The lowest BCUT2D eigenvalue weighted by Gasteiger charge is -2.04. The highest BCUT2D eigenvalue weighted by Gasteiger charge is 1.95. The average molecular weight is 330 g/mol. The van der Waals surface area contributed by atoms with E-state index in [-0.39, 0.29) is 0 Å². The fraction of sp³-hybridized carbons (Fsp3) is 0.708. The van der Waals surface area contributed by atoms with Crippen LogP contribution in [0.4, 0.5) is 0 Å². The van der Waals surface area contributed by atoms with E-state index < -0.39 is 0 Å². The molecule has 0 aliphatic rings. The van der Waals surface area contributed by atoms with Crippen molar-refractivity contribution in [2.45, 2.75) is 109 Å². The van der Waals surface area contributed by atoms with Gasteiger partial charge in [-0.15, -0.1) is 0 Å². The summed E-state index contributed by atoms with van der Waals surface area (Å²) in [5, 5.41) is 0. The summed E-state index contributed by atoms with van der Waals surface area (Å²) in [5.41, 5.74) is 1.50. The molecule has 0 heteroatoms. The quantitative estimate of drug-likeness (QED) is 0.252. The summed E-state index contributed by atoms with van der Waals surface area (Å²) in [6.45, 7) is 3.90. The molecule has 1 aromatic rings. The Labute approximate surface area is 152 Å². The van der Waals surface area contributed by atoms with E-state index >= 15 is 0 Å². The molecule has 0 nitrogen and oxygen atoms in total. The number of unbranched alkanes of at least 4 members (excludes halogenated alkanes) is 15. The number of benzene rings is 1. The van der Waals surface area contributed by atoms with Crippen molar-refractivity contribution in [1.82, 2.24) is 0 Å². The van der Waals surface area contributed by atoms with Crippen LogP contribution in [0.1, 0.15) is 108 Å². The van der Waals surface area contributed by atoms with Gasteiger partial charge in [-0.25, -0.2) is 0 Å². The van der Waals surface area contributed by atoms with Crippen molar-refractivity contribution in [3.63, 3.8) is 0 Å². The fourth-order valence-electron chi connectivity index (χ4n) is 3.45. The molecular weight excluding hydrogens is 288 g/mol. The molecule has 0 unspecified atom stereocenters. The smallest absolute Gasteiger partial charge is 0.0279 e. The molecule has 0 aromatic heterocycles. The topological polar surface area (TPSA) is 0 Å². The summed E-state index contributed by atoms with van der Waals surface area (Å²) in [6.07, 6.45) is 23.8. The molecule has 0 amide bonds. The van der Waals surface area contributed by atoms with Crippen LogP contribution in [0.15, 0.2) is 30.3 Å². The van der Waals surface area contributed by atoms with E-state index in [1.165, 1.54) is 108 Å². The van der Waals surface area contributed by atoms with Crippen LogP contribution in [-0.4, -0.2) is 0 Å². The van der Waals surface area contributed by atoms with E-state index in [0.29, 0.717) is 0 Å². The first kappa shape index (κ1) is 21.3. The summed E-state index contributed by atoms with van der Waals surface area (Å²) < 4.78 is 0. The molecule has 1 radical (unpaired) electrons. The summed E-state index contributed by atoms with van der Waals surface area (Å²) in [4.78, 5) is 0. The molecule has 0 N–H and O–H groups in total. The third kappa shape index (κ3) is 13.6. The van der Waals surface area contributed by atoms with Crippen molar-refractivity contribution in [3.8, 4) is 0 Å². The molecule has 0 saturated heterocycles. The molecule has 0 saturated carbocycles. The van der Waals surface area contributed by atoms with Crippen molar-refractivity contribution in [1.29, 1.82) is 0 Å². The molecule has 1 aromatic carbocycles. The minimum atomic E-state index is 1.12. The van der Waals surface area contributed by atoms with E-state index in [9.17, 15) is 0 Å². The molecular formula is C24H41. The third-order valence-electron chi connectivity index (χ3n) is 5.06. The van der Waals surface area contributed by atoms with Crippen molar-refractivity contribution < 1.29 is 0 Å². The second-order valence-electron chi connectivity index (χ2n) is 7.39. The van der Waals surface area contributed by atoms with Gasteiger partial charge in [0.25, 0.3) is 0 Å². The van der Waals surface area contributed by atoms with Crippen molar-refractivity contribution in [3.05, 3.63) is 42.8 Å². The highest BCUT2D eigenvalue weighted by atomic mass is 14.0. The lowest BCUT2D eigenvalue weighted by molar-refractivity contribution is 0.530. The van der Waals surface area contributed by atoms with Crippen LogP contribution in [-0.2, 0) is 6.42 Å². The largest absolute Gasteiger partial charge is 0.0622 e. The maximum Gasteiger partial charge on any atom is -0.0279 e. The molecule has 0 spiro atoms. The lowest BCUT2D eigenvalue weighted by atomic mass is 10.0. The Balaban J connectivity index is 1.70. The molecule has 24 heavy (non-hydrogen) atoms. The van der Waals surface area contributed by atoms with Crippen molar-refractivity contribution in [2.75, 3.05) is 0 Å². The number of aryl methyl sites for hydroxylation is 1. The molecule has 0 fully saturated rings. The molecule has 0 bridgehead atoms. The molecule has 137 valence electrons. The van der Waals surface area contributed by atoms with Gasteiger partial charge < -0.3 is 0 Å². The highest BCUT2D eigenvalue weighted by molar-refractivity contribution is 5.14. The SMILES string of the molecule is [CH2]CCCCCCCCCCCCCCCCCc1ccccc1. The van der Waals surface area contributed by atoms with Gasteiger partial charge in [0.1, 0.15) is 0 Å². The monoisotopic (exact) mass is 329 g/mol. The van der Waals surface area contributed by atoms with Crippen LogP contribution in [0, 0.1) is 6.92 Å². The van der Waals surface area contributed by atoms with Gasteiger partial charge in [-0.1, -0.05) is 134 Å². The third-order valence-corrected chi connectivity index (χ3v) is 5.06. The van der Waals surface area contributed by atoms with Crippen LogP contribution in [0.3, 0.4) is 0 Å². The van der Waals surface area contributed by atoms with Gasteiger partial charge in [-0.3, -0.25) is 0 Å². The van der Waals surface area contributed by atoms with E-state index in [1.807, 2.05) is 0 Å². The van der Waals surface area contributed by atoms with E-state index in [0.717, 1.165) is 6.42 Å². The number of hydrogen-bond acceptors (Lipinski definition) is 0. The minimum absolute atomic E-state index is 1.12. The second-order valence-corrected chi connectivity index (χ2v) is 7.39. The molecule has 0 atom stereocenters. The second kappa shape index (κ2) is 17.1. The summed E-state index contributed by atoms with van der Waals surface area (Å²) >= 11 is 0. The predicted molar refractivity (Wildman–Crippen MR) is 109 cm³/mol. The average Bonchev–Trinajstić information content (AvgIpc) is 2.62. The zero-order chi connectivity index (χ0) is 17.1. The normalized spacial score (nSPS) is 11.0. The summed E-state index contributed by atoms with van der Waals surface area (Å²) in [6, 6.07) is 10.9. The molecule has 0 aliphatic heterocycles. The Morgan fingerprint density at radius 2 is 0.833 bits per heavy atom. The van der Waals surface area contributed by atoms with Gasteiger partial charge in [-0.2, -0.15) is 0 Å². The van der Waals surface area contributed by atoms with E-state index in [2.05, 4.69) is 37.3 Å². The first-order valence-corrected chi connectivity index (χ1v) is 10.8. The van der Waals surface area contributed by atoms with Gasteiger partial charge >= 0.3 is 0 Å². The predicted octanol–water partition coefficient (Wildman–Crippen LogP) is 8.30. The van der Waals surface area contributed by atoms with Crippen molar-refractivity contribution >= 4 is 0 Å². The maximum atomic E-state index is 3.90. The first-order valence-electron chi connectivity index (χ1n) is 10.8. The molecule has 0 aliphatic carbocycles. The maximum absolute atomic E-state index is 3.90. The van der Waals surface area contributed by atoms with Gasteiger partial charge in [0.2, 0.25) is 0 Å². The van der Waals surface area contributed by atoms with Crippen LogP contribution in [0.5, 0.6) is 0 Å². The summed E-state index contributed by atoms with van der Waals surface area (Å²) in [7, 11) is 0. The van der Waals surface area contributed by atoms with E-state index in [4.69, 9.17) is 0 Å². The number of rotatable bonds is 17. The van der Waals surface area contributed by atoms with Gasteiger partial charge in [0, 0.05) is 0 Å². The molecule has 0 heterocycles. The van der Waals surface area contributed by atoms with Gasteiger partial charge in [0.15, 0.2) is 0 Å².